The fraction of sp³-hybridized carbons (Fsp3) is 0.273. The molecule has 0 radical (unpaired) electrons. The molecule has 0 unspecified atom stereocenters. The molecule has 156 valence electrons. The van der Waals surface area contributed by atoms with Gasteiger partial charge in [-0.2, -0.15) is 5.10 Å². The molecule has 2 heterocycles. The molecule has 5 nitrogen and oxygen atoms in total. The number of carbonyl (C=O) groups is 1. The van der Waals surface area contributed by atoms with Crippen molar-refractivity contribution in [3.8, 4) is 0 Å². The lowest BCUT2D eigenvalue weighted by atomic mass is 10.1. The molecule has 0 bridgehead atoms. The first-order valence-corrected chi connectivity index (χ1v) is 10.9. The number of amides is 1. The average Bonchev–Trinajstić information content (AvgIpc) is 3.15. The van der Waals surface area contributed by atoms with Gasteiger partial charge < -0.3 is 4.90 Å². The summed E-state index contributed by atoms with van der Waals surface area (Å²) in [5, 5.41) is 4.71. The molecule has 0 saturated carbocycles. The van der Waals surface area contributed by atoms with E-state index in [1.54, 1.807) is 12.3 Å². The summed E-state index contributed by atoms with van der Waals surface area (Å²) < 4.78 is 16.0. The number of rotatable bonds is 5. The fourth-order valence-electron chi connectivity index (χ4n) is 3.60. The Morgan fingerprint density at radius 2 is 1.90 bits per heavy atom. The van der Waals surface area contributed by atoms with Crippen molar-refractivity contribution < 1.29 is 9.18 Å². The molecular formula is C22H21BrClFN4O. The van der Waals surface area contributed by atoms with E-state index in [-0.39, 0.29) is 11.7 Å². The number of hydrogen-bond donors (Lipinski definition) is 0. The predicted octanol–water partition coefficient (Wildman–Crippen LogP) is 4.44. The molecule has 4 rings (SSSR count). The topological polar surface area (TPSA) is 41.4 Å². The van der Waals surface area contributed by atoms with Crippen LogP contribution in [0, 0.1) is 5.82 Å². The minimum Gasteiger partial charge on any atom is -0.336 e. The summed E-state index contributed by atoms with van der Waals surface area (Å²) in [4.78, 5) is 17.1. The molecule has 0 atom stereocenters. The van der Waals surface area contributed by atoms with Crippen molar-refractivity contribution in [2.75, 3.05) is 26.2 Å². The van der Waals surface area contributed by atoms with Crippen LogP contribution in [0.4, 0.5) is 4.39 Å². The van der Waals surface area contributed by atoms with E-state index in [2.05, 4.69) is 25.9 Å². The van der Waals surface area contributed by atoms with Crippen LogP contribution in [-0.2, 0) is 13.1 Å². The van der Waals surface area contributed by atoms with Gasteiger partial charge in [0.1, 0.15) is 5.82 Å². The summed E-state index contributed by atoms with van der Waals surface area (Å²) in [7, 11) is 0. The van der Waals surface area contributed by atoms with Crippen LogP contribution >= 0.6 is 27.5 Å². The summed E-state index contributed by atoms with van der Waals surface area (Å²) >= 11 is 9.54. The third-order valence-corrected chi connectivity index (χ3v) is 5.95. The van der Waals surface area contributed by atoms with Crippen molar-refractivity contribution in [1.82, 2.24) is 19.6 Å². The van der Waals surface area contributed by atoms with E-state index in [0.29, 0.717) is 36.8 Å². The van der Waals surface area contributed by atoms with Gasteiger partial charge in [-0.05, 0) is 51.3 Å². The van der Waals surface area contributed by atoms with Gasteiger partial charge in [-0.15, -0.1) is 0 Å². The molecule has 1 aliphatic heterocycles. The number of piperazine rings is 1. The summed E-state index contributed by atoms with van der Waals surface area (Å²) in [6.45, 7) is 4.05. The highest BCUT2D eigenvalue weighted by atomic mass is 79.9. The van der Waals surface area contributed by atoms with Crippen LogP contribution in [0.3, 0.4) is 0 Å². The minimum atomic E-state index is -0.332. The number of aromatic nitrogens is 2. The lowest BCUT2D eigenvalue weighted by Crippen LogP contribution is -2.48. The minimum absolute atomic E-state index is 0.0398. The molecule has 1 aromatic heterocycles. The first kappa shape index (κ1) is 21.0. The van der Waals surface area contributed by atoms with E-state index in [4.69, 9.17) is 11.6 Å². The molecule has 0 N–H and O–H groups in total. The van der Waals surface area contributed by atoms with Crippen LogP contribution in [0.5, 0.6) is 0 Å². The summed E-state index contributed by atoms with van der Waals surface area (Å²) in [5.41, 5.74) is 2.62. The van der Waals surface area contributed by atoms with Gasteiger partial charge >= 0.3 is 0 Å². The van der Waals surface area contributed by atoms with E-state index >= 15 is 0 Å². The van der Waals surface area contributed by atoms with Crippen molar-refractivity contribution >= 4 is 33.4 Å². The van der Waals surface area contributed by atoms with Crippen molar-refractivity contribution in [2.45, 2.75) is 13.1 Å². The van der Waals surface area contributed by atoms with E-state index in [9.17, 15) is 9.18 Å². The van der Waals surface area contributed by atoms with E-state index < -0.39 is 0 Å². The monoisotopic (exact) mass is 490 g/mol. The van der Waals surface area contributed by atoms with E-state index in [1.165, 1.54) is 12.1 Å². The molecule has 0 aliphatic carbocycles. The molecular weight excluding hydrogens is 471 g/mol. The Kier molecular flexibility index (Phi) is 6.51. The lowest BCUT2D eigenvalue weighted by molar-refractivity contribution is 0.0628. The van der Waals surface area contributed by atoms with Gasteiger partial charge in [-0.1, -0.05) is 29.8 Å². The van der Waals surface area contributed by atoms with Crippen LogP contribution in [0.25, 0.3) is 0 Å². The smallest absolute Gasteiger partial charge is 0.253 e. The Labute approximate surface area is 188 Å². The standard InChI is InChI=1S/C22H21BrClFN4O/c23-19-12-26-29(15-19)13-16-2-1-3-17(10-16)22(30)28-8-6-27(7-9-28)14-18-4-5-20(25)11-21(18)24/h1-5,10-12,15H,6-9,13-14H2. The maximum Gasteiger partial charge on any atom is 0.253 e. The molecule has 30 heavy (non-hydrogen) atoms. The maximum atomic E-state index is 13.2. The van der Waals surface area contributed by atoms with Gasteiger partial charge in [0, 0.05) is 49.5 Å². The summed E-state index contributed by atoms with van der Waals surface area (Å²) in [5.74, 6) is -0.292. The zero-order valence-corrected chi connectivity index (χ0v) is 18.6. The Hall–Kier alpha value is -2.22. The third-order valence-electron chi connectivity index (χ3n) is 5.19. The first-order chi connectivity index (χ1) is 14.5. The molecule has 2 aromatic carbocycles. The Morgan fingerprint density at radius 1 is 1.10 bits per heavy atom. The van der Waals surface area contributed by atoms with E-state index in [0.717, 1.165) is 28.7 Å². The normalized spacial score (nSPS) is 14.8. The van der Waals surface area contributed by atoms with Gasteiger partial charge in [0.15, 0.2) is 0 Å². The maximum absolute atomic E-state index is 13.2. The molecule has 0 spiro atoms. The lowest BCUT2D eigenvalue weighted by Gasteiger charge is -2.35. The van der Waals surface area contributed by atoms with Crippen LogP contribution in [0.1, 0.15) is 21.5 Å². The number of carbonyl (C=O) groups excluding carboxylic acids is 1. The van der Waals surface area contributed by atoms with Gasteiger partial charge in [0.25, 0.3) is 5.91 Å². The second kappa shape index (κ2) is 9.29. The molecule has 3 aromatic rings. The van der Waals surface area contributed by atoms with Gasteiger partial charge in [-0.3, -0.25) is 14.4 Å². The van der Waals surface area contributed by atoms with E-state index in [1.807, 2.05) is 40.0 Å². The summed E-state index contributed by atoms with van der Waals surface area (Å²) in [6, 6.07) is 12.2. The number of hydrogen-bond acceptors (Lipinski definition) is 3. The highest BCUT2D eigenvalue weighted by molar-refractivity contribution is 9.10. The summed E-state index contributed by atoms with van der Waals surface area (Å²) in [6.07, 6.45) is 3.65. The predicted molar refractivity (Wildman–Crippen MR) is 118 cm³/mol. The SMILES string of the molecule is O=C(c1cccc(Cn2cc(Br)cn2)c1)N1CCN(Cc2ccc(F)cc2Cl)CC1. The largest absolute Gasteiger partial charge is 0.336 e. The van der Waals surface area contributed by atoms with Crippen LogP contribution in [0.15, 0.2) is 59.3 Å². The molecule has 1 fully saturated rings. The van der Waals surface area contributed by atoms with Crippen LogP contribution < -0.4 is 0 Å². The quantitative estimate of drug-likeness (QED) is 0.530. The zero-order chi connectivity index (χ0) is 21.1. The number of nitrogens with zero attached hydrogens (tertiary/aromatic N) is 4. The fourth-order valence-corrected chi connectivity index (χ4v) is 4.15. The number of benzene rings is 2. The van der Waals surface area contributed by atoms with Crippen LogP contribution in [-0.4, -0.2) is 51.7 Å². The Bertz CT molecular complexity index is 1050. The molecule has 1 saturated heterocycles. The van der Waals surface area contributed by atoms with Gasteiger partial charge in [0.05, 0.1) is 17.2 Å². The van der Waals surface area contributed by atoms with Gasteiger partial charge in [0.2, 0.25) is 0 Å². The zero-order valence-electron chi connectivity index (χ0n) is 16.3. The first-order valence-electron chi connectivity index (χ1n) is 9.70. The van der Waals surface area contributed by atoms with Gasteiger partial charge in [-0.25, -0.2) is 4.39 Å². The third kappa shape index (κ3) is 5.09. The van der Waals surface area contributed by atoms with Crippen LogP contribution in [0.2, 0.25) is 5.02 Å². The second-order valence-electron chi connectivity index (χ2n) is 7.36. The van der Waals surface area contributed by atoms with Crippen molar-refractivity contribution in [3.05, 3.63) is 86.9 Å². The van der Waals surface area contributed by atoms with Crippen molar-refractivity contribution in [2.24, 2.45) is 0 Å². The molecule has 1 aliphatic rings. The number of halogens is 3. The van der Waals surface area contributed by atoms with Crippen molar-refractivity contribution in [1.29, 1.82) is 0 Å². The highest BCUT2D eigenvalue weighted by Gasteiger charge is 2.23. The Morgan fingerprint density at radius 3 is 2.60 bits per heavy atom. The molecule has 8 heteroatoms. The average molecular weight is 492 g/mol. The molecule has 1 amide bonds. The Balaban J connectivity index is 1.35. The highest BCUT2D eigenvalue weighted by Crippen LogP contribution is 2.20. The van der Waals surface area contributed by atoms with Crippen molar-refractivity contribution in [3.63, 3.8) is 0 Å². The second-order valence-corrected chi connectivity index (χ2v) is 8.68.